The van der Waals surface area contributed by atoms with Crippen molar-refractivity contribution in [3.05, 3.63) is 0 Å². The van der Waals surface area contributed by atoms with E-state index in [0.29, 0.717) is 12.5 Å². The van der Waals surface area contributed by atoms with Crippen molar-refractivity contribution in [3.8, 4) is 0 Å². The Bertz CT molecular complexity index is 273. The fourth-order valence-corrected chi connectivity index (χ4v) is 2.25. The third-order valence-electron chi connectivity index (χ3n) is 3.19. The van der Waals surface area contributed by atoms with Crippen molar-refractivity contribution in [3.63, 3.8) is 0 Å². The monoisotopic (exact) mass is 240 g/mol. The molecule has 0 radical (unpaired) electrons. The number of nitrogens with one attached hydrogen (secondary N) is 1. The number of likely N-dealkylation sites (tertiary alicyclic amines) is 1. The maximum atomic E-state index is 11.8. The Morgan fingerprint density at radius 2 is 1.82 bits per heavy atom. The molecule has 1 N–H and O–H groups in total. The van der Waals surface area contributed by atoms with Gasteiger partial charge < -0.3 is 5.32 Å². The van der Waals surface area contributed by atoms with E-state index in [1.54, 1.807) is 0 Å². The van der Waals surface area contributed by atoms with Crippen LogP contribution in [0.5, 0.6) is 0 Å². The van der Waals surface area contributed by atoms with E-state index in [2.05, 4.69) is 51.8 Å². The number of nitrogens with zero attached hydrogens (tertiary/aromatic N) is 1. The number of hydrogen-bond acceptors (Lipinski definition) is 2. The van der Waals surface area contributed by atoms with Gasteiger partial charge in [0.1, 0.15) is 0 Å². The number of amides is 1. The zero-order valence-electron chi connectivity index (χ0n) is 12.3. The van der Waals surface area contributed by atoms with Crippen LogP contribution in [0.25, 0.3) is 0 Å². The molecule has 0 saturated carbocycles. The molecule has 1 amide bonds. The van der Waals surface area contributed by atoms with Gasteiger partial charge >= 0.3 is 0 Å². The van der Waals surface area contributed by atoms with Gasteiger partial charge in [0, 0.05) is 31.1 Å². The van der Waals surface area contributed by atoms with Crippen molar-refractivity contribution in [2.45, 2.75) is 66.0 Å². The average molecular weight is 240 g/mol. The van der Waals surface area contributed by atoms with Crippen LogP contribution >= 0.6 is 0 Å². The second-order valence-corrected chi connectivity index (χ2v) is 7.41. The molecule has 1 aliphatic heterocycles. The molecule has 0 aromatic rings. The van der Waals surface area contributed by atoms with Crippen molar-refractivity contribution in [1.29, 1.82) is 0 Å². The van der Waals surface area contributed by atoms with E-state index in [0.717, 1.165) is 19.5 Å². The van der Waals surface area contributed by atoms with E-state index in [9.17, 15) is 4.79 Å². The van der Waals surface area contributed by atoms with Crippen LogP contribution in [0.15, 0.2) is 0 Å². The highest BCUT2D eigenvalue weighted by molar-refractivity contribution is 5.76. The van der Waals surface area contributed by atoms with Gasteiger partial charge in [0.05, 0.1) is 0 Å². The Balaban J connectivity index is 2.38. The summed E-state index contributed by atoms with van der Waals surface area (Å²) in [6.07, 6.45) is 1.69. The Labute approximate surface area is 106 Å². The highest BCUT2D eigenvalue weighted by atomic mass is 16.1. The lowest BCUT2D eigenvalue weighted by Crippen LogP contribution is -2.43. The van der Waals surface area contributed by atoms with Crippen molar-refractivity contribution >= 4 is 5.91 Å². The summed E-state index contributed by atoms with van der Waals surface area (Å²) in [5.74, 6) is 0.193. The summed E-state index contributed by atoms with van der Waals surface area (Å²) in [5, 5.41) is 3.16. The standard InChI is InChI=1S/C14H28N2O/c1-13(2,3)9-12(17)15-11-7-8-16(10-11)14(4,5)6/h11H,7-10H2,1-6H3,(H,15,17). The molecular formula is C14H28N2O. The Morgan fingerprint density at radius 1 is 1.24 bits per heavy atom. The van der Waals surface area contributed by atoms with Crippen molar-refractivity contribution < 1.29 is 4.79 Å². The van der Waals surface area contributed by atoms with Gasteiger partial charge in [-0.05, 0) is 32.6 Å². The van der Waals surface area contributed by atoms with E-state index in [4.69, 9.17) is 0 Å². The zero-order valence-corrected chi connectivity index (χ0v) is 12.3. The van der Waals surface area contributed by atoms with Gasteiger partial charge in [-0.1, -0.05) is 20.8 Å². The van der Waals surface area contributed by atoms with Crippen LogP contribution in [-0.4, -0.2) is 35.5 Å². The predicted molar refractivity (Wildman–Crippen MR) is 71.9 cm³/mol. The van der Waals surface area contributed by atoms with E-state index >= 15 is 0 Å². The molecule has 0 aromatic carbocycles. The van der Waals surface area contributed by atoms with Gasteiger partial charge in [-0.15, -0.1) is 0 Å². The van der Waals surface area contributed by atoms with Crippen LogP contribution in [0, 0.1) is 5.41 Å². The fraction of sp³-hybridized carbons (Fsp3) is 0.929. The van der Waals surface area contributed by atoms with Crippen molar-refractivity contribution in [1.82, 2.24) is 10.2 Å². The quantitative estimate of drug-likeness (QED) is 0.804. The highest BCUT2D eigenvalue weighted by Gasteiger charge is 2.31. The normalized spacial score (nSPS) is 22.8. The molecule has 0 aliphatic carbocycles. The zero-order chi connectivity index (χ0) is 13.3. The van der Waals surface area contributed by atoms with Gasteiger partial charge in [0.25, 0.3) is 0 Å². The molecule has 1 fully saturated rings. The number of rotatable bonds is 2. The molecule has 1 aliphatic rings. The van der Waals surface area contributed by atoms with Crippen molar-refractivity contribution in [2.75, 3.05) is 13.1 Å². The Hall–Kier alpha value is -0.570. The lowest BCUT2D eigenvalue weighted by molar-refractivity contribution is -0.123. The molecule has 100 valence electrons. The summed E-state index contributed by atoms with van der Waals surface area (Å²) < 4.78 is 0. The molecule has 0 spiro atoms. The topological polar surface area (TPSA) is 32.3 Å². The molecule has 1 rings (SSSR count). The molecule has 0 bridgehead atoms. The maximum absolute atomic E-state index is 11.8. The van der Waals surface area contributed by atoms with Gasteiger partial charge in [0.2, 0.25) is 5.91 Å². The minimum Gasteiger partial charge on any atom is -0.352 e. The van der Waals surface area contributed by atoms with Crippen LogP contribution in [0.4, 0.5) is 0 Å². The Kier molecular flexibility index (Phi) is 4.23. The summed E-state index contributed by atoms with van der Waals surface area (Å²) >= 11 is 0. The first-order chi connectivity index (χ1) is 7.58. The summed E-state index contributed by atoms with van der Waals surface area (Å²) in [4.78, 5) is 14.3. The van der Waals surface area contributed by atoms with Gasteiger partial charge in [-0.2, -0.15) is 0 Å². The number of carbonyl (C=O) groups excluding carboxylic acids is 1. The lowest BCUT2D eigenvalue weighted by atomic mass is 9.92. The lowest BCUT2D eigenvalue weighted by Gasteiger charge is -2.31. The smallest absolute Gasteiger partial charge is 0.220 e. The second-order valence-electron chi connectivity index (χ2n) is 7.41. The summed E-state index contributed by atoms with van der Waals surface area (Å²) in [6, 6.07) is 0.337. The van der Waals surface area contributed by atoms with E-state index in [1.165, 1.54) is 0 Å². The molecule has 1 atom stereocenters. The molecule has 3 heteroatoms. The largest absolute Gasteiger partial charge is 0.352 e. The van der Waals surface area contributed by atoms with E-state index in [1.807, 2.05) is 0 Å². The third-order valence-corrected chi connectivity index (χ3v) is 3.19. The molecule has 17 heavy (non-hydrogen) atoms. The first-order valence-corrected chi connectivity index (χ1v) is 6.62. The summed E-state index contributed by atoms with van der Waals surface area (Å²) in [6.45, 7) is 15.1. The molecule has 1 unspecified atom stereocenters. The van der Waals surface area contributed by atoms with E-state index in [-0.39, 0.29) is 16.9 Å². The van der Waals surface area contributed by atoms with Gasteiger partial charge in [-0.25, -0.2) is 0 Å². The van der Waals surface area contributed by atoms with Crippen molar-refractivity contribution in [2.24, 2.45) is 5.41 Å². The van der Waals surface area contributed by atoms with Crippen LogP contribution in [0.2, 0.25) is 0 Å². The second kappa shape index (κ2) is 4.97. The van der Waals surface area contributed by atoms with Crippen LogP contribution in [0.1, 0.15) is 54.4 Å². The molecule has 1 saturated heterocycles. The average Bonchev–Trinajstić information content (AvgIpc) is 2.47. The SMILES string of the molecule is CC(C)(C)CC(=O)NC1CCN(C(C)(C)C)C1. The predicted octanol–water partition coefficient (Wildman–Crippen LogP) is 2.41. The van der Waals surface area contributed by atoms with Crippen LogP contribution in [-0.2, 0) is 4.79 Å². The number of carbonyl (C=O) groups is 1. The highest BCUT2D eigenvalue weighted by Crippen LogP contribution is 2.22. The van der Waals surface area contributed by atoms with Crippen LogP contribution in [0.3, 0.4) is 0 Å². The third kappa shape index (κ3) is 5.07. The minimum absolute atomic E-state index is 0.0758. The fourth-order valence-electron chi connectivity index (χ4n) is 2.25. The minimum atomic E-state index is 0.0758. The first-order valence-electron chi connectivity index (χ1n) is 6.62. The molecule has 3 nitrogen and oxygen atoms in total. The summed E-state index contributed by atoms with van der Waals surface area (Å²) in [5.41, 5.74) is 0.288. The van der Waals surface area contributed by atoms with Crippen LogP contribution < -0.4 is 5.32 Å². The molecular weight excluding hydrogens is 212 g/mol. The van der Waals surface area contributed by atoms with Gasteiger partial charge in [-0.3, -0.25) is 9.69 Å². The first kappa shape index (κ1) is 14.5. The molecule has 0 aromatic heterocycles. The number of hydrogen-bond donors (Lipinski definition) is 1. The molecule has 1 heterocycles. The van der Waals surface area contributed by atoms with E-state index < -0.39 is 0 Å². The van der Waals surface area contributed by atoms with Gasteiger partial charge in [0.15, 0.2) is 0 Å². The maximum Gasteiger partial charge on any atom is 0.220 e. The Morgan fingerprint density at radius 3 is 2.24 bits per heavy atom. The summed E-state index contributed by atoms with van der Waals surface area (Å²) in [7, 11) is 0.